The fourth-order valence-corrected chi connectivity index (χ4v) is 1.77. The lowest BCUT2D eigenvalue weighted by molar-refractivity contribution is -0.384. The van der Waals surface area contributed by atoms with Gasteiger partial charge in [0, 0.05) is 17.8 Å². The summed E-state index contributed by atoms with van der Waals surface area (Å²) in [5.74, 6) is -0.0936. The van der Waals surface area contributed by atoms with Crippen molar-refractivity contribution in [1.29, 1.82) is 0 Å². The number of nitrogens with one attached hydrogen (secondary N) is 1. The number of nitrogens with zero attached hydrogens (tertiary/aromatic N) is 3. The van der Waals surface area contributed by atoms with Gasteiger partial charge < -0.3 is 11.1 Å². The molecule has 21 heavy (non-hydrogen) atoms. The van der Waals surface area contributed by atoms with Gasteiger partial charge in [-0.2, -0.15) is 0 Å². The highest BCUT2D eigenvalue weighted by Gasteiger charge is 2.16. The Morgan fingerprint density at radius 3 is 2.81 bits per heavy atom. The maximum absolute atomic E-state index is 11.1. The number of benzene rings is 1. The Kier molecular flexibility index (Phi) is 4.07. The van der Waals surface area contributed by atoms with E-state index in [1.807, 2.05) is 0 Å². The second-order valence-electron chi connectivity index (χ2n) is 4.30. The molecular formula is C13H13N5O3. The van der Waals surface area contributed by atoms with Gasteiger partial charge >= 0.3 is 0 Å². The van der Waals surface area contributed by atoms with Gasteiger partial charge in [0.25, 0.3) is 5.69 Å². The van der Waals surface area contributed by atoms with Crippen molar-refractivity contribution >= 4 is 17.3 Å². The zero-order chi connectivity index (χ0) is 15.4. The highest BCUT2D eigenvalue weighted by molar-refractivity contribution is 5.94. The zero-order valence-corrected chi connectivity index (χ0v) is 11.2. The number of anilines is 1. The number of aromatic nitrogens is 2. The van der Waals surface area contributed by atoms with Crippen molar-refractivity contribution in [3.8, 4) is 0 Å². The second-order valence-corrected chi connectivity index (χ2v) is 4.30. The molecule has 1 aromatic heterocycles. The summed E-state index contributed by atoms with van der Waals surface area (Å²) in [5.41, 5.74) is 5.99. The number of nitro benzene ring substituents is 1. The summed E-state index contributed by atoms with van der Waals surface area (Å²) in [6, 6.07) is 5.74. The molecular weight excluding hydrogens is 274 g/mol. The Hall–Kier alpha value is -3.03. The first-order valence-corrected chi connectivity index (χ1v) is 6.08. The normalized spacial score (nSPS) is 10.1. The Morgan fingerprint density at radius 2 is 2.19 bits per heavy atom. The molecule has 3 N–H and O–H groups in total. The maximum Gasteiger partial charge on any atom is 0.293 e. The third-order valence-electron chi connectivity index (χ3n) is 2.77. The number of nitrogens with two attached hydrogens (primary N) is 1. The standard InChI is InChI=1S/C13H13N5O3/c1-8-15-5-4-10(17-8)7-16-11-3-2-9(13(14)19)6-12(11)18(20)21/h2-6,16H,7H2,1H3,(H2,14,19). The maximum atomic E-state index is 11.1. The van der Waals surface area contributed by atoms with Crippen LogP contribution in [0.25, 0.3) is 0 Å². The lowest BCUT2D eigenvalue weighted by atomic mass is 10.1. The molecule has 1 amide bonds. The van der Waals surface area contributed by atoms with Gasteiger partial charge in [0.05, 0.1) is 17.2 Å². The summed E-state index contributed by atoms with van der Waals surface area (Å²) in [5, 5.41) is 14.0. The van der Waals surface area contributed by atoms with E-state index in [1.54, 1.807) is 19.2 Å². The molecule has 8 nitrogen and oxygen atoms in total. The minimum absolute atomic E-state index is 0.0881. The number of rotatable bonds is 5. The Bertz CT molecular complexity index is 702. The number of carbonyl (C=O) groups excluding carboxylic acids is 1. The van der Waals surface area contributed by atoms with Crippen LogP contribution in [0.2, 0.25) is 0 Å². The van der Waals surface area contributed by atoms with Gasteiger partial charge in [-0.05, 0) is 25.1 Å². The molecule has 2 aromatic rings. The monoisotopic (exact) mass is 287 g/mol. The molecule has 8 heteroatoms. The van der Waals surface area contributed by atoms with E-state index in [0.717, 1.165) is 6.07 Å². The van der Waals surface area contributed by atoms with Gasteiger partial charge in [0.15, 0.2) is 0 Å². The fraction of sp³-hybridized carbons (Fsp3) is 0.154. The number of hydrogen-bond acceptors (Lipinski definition) is 6. The van der Waals surface area contributed by atoms with Crippen LogP contribution < -0.4 is 11.1 Å². The Labute approximate surface area is 120 Å². The van der Waals surface area contributed by atoms with Crippen LogP contribution in [-0.4, -0.2) is 20.8 Å². The van der Waals surface area contributed by atoms with Gasteiger partial charge in [-0.25, -0.2) is 9.97 Å². The molecule has 0 saturated carbocycles. The van der Waals surface area contributed by atoms with Crippen molar-refractivity contribution in [3.05, 3.63) is 57.7 Å². The van der Waals surface area contributed by atoms with Crippen molar-refractivity contribution in [3.63, 3.8) is 0 Å². The van der Waals surface area contributed by atoms with E-state index >= 15 is 0 Å². The van der Waals surface area contributed by atoms with E-state index in [1.165, 1.54) is 12.1 Å². The summed E-state index contributed by atoms with van der Waals surface area (Å²) < 4.78 is 0. The first-order valence-electron chi connectivity index (χ1n) is 6.08. The van der Waals surface area contributed by atoms with E-state index in [2.05, 4.69) is 15.3 Å². The van der Waals surface area contributed by atoms with Crippen molar-refractivity contribution in [2.75, 3.05) is 5.32 Å². The largest absolute Gasteiger partial charge is 0.374 e. The Morgan fingerprint density at radius 1 is 1.43 bits per heavy atom. The summed E-state index contributed by atoms with van der Waals surface area (Å²) in [7, 11) is 0. The first kappa shape index (κ1) is 14.4. The summed E-state index contributed by atoms with van der Waals surface area (Å²) in [6.45, 7) is 2.06. The predicted octanol–water partition coefficient (Wildman–Crippen LogP) is 1.40. The molecule has 0 spiro atoms. The van der Waals surface area contributed by atoms with Crippen LogP contribution in [0.4, 0.5) is 11.4 Å². The van der Waals surface area contributed by atoms with Gasteiger partial charge in [0.2, 0.25) is 5.91 Å². The molecule has 0 aliphatic carbocycles. The van der Waals surface area contributed by atoms with E-state index < -0.39 is 10.8 Å². The van der Waals surface area contributed by atoms with E-state index in [0.29, 0.717) is 23.8 Å². The van der Waals surface area contributed by atoms with E-state index in [4.69, 9.17) is 5.73 Å². The number of carbonyl (C=O) groups is 1. The molecule has 0 unspecified atom stereocenters. The van der Waals surface area contributed by atoms with Crippen molar-refractivity contribution < 1.29 is 9.72 Å². The van der Waals surface area contributed by atoms with Gasteiger partial charge in [-0.3, -0.25) is 14.9 Å². The van der Waals surface area contributed by atoms with Crippen molar-refractivity contribution in [2.45, 2.75) is 13.5 Å². The molecule has 1 heterocycles. The quantitative estimate of drug-likeness (QED) is 0.632. The molecule has 0 bridgehead atoms. The molecule has 0 fully saturated rings. The Balaban J connectivity index is 2.23. The van der Waals surface area contributed by atoms with Crippen LogP contribution in [0.1, 0.15) is 21.9 Å². The first-order chi connectivity index (χ1) is 9.97. The average molecular weight is 287 g/mol. The number of nitro groups is 1. The van der Waals surface area contributed by atoms with Gasteiger partial charge in [-0.15, -0.1) is 0 Å². The number of hydrogen-bond donors (Lipinski definition) is 2. The van der Waals surface area contributed by atoms with E-state index in [9.17, 15) is 14.9 Å². The molecule has 0 atom stereocenters. The molecule has 1 aromatic carbocycles. The second kappa shape index (κ2) is 5.95. The molecule has 0 aliphatic rings. The van der Waals surface area contributed by atoms with Crippen LogP contribution in [0.15, 0.2) is 30.5 Å². The highest BCUT2D eigenvalue weighted by atomic mass is 16.6. The number of aryl methyl sites for hydroxylation is 1. The van der Waals surface area contributed by atoms with Crippen LogP contribution in [0, 0.1) is 17.0 Å². The van der Waals surface area contributed by atoms with Crippen LogP contribution in [0.3, 0.4) is 0 Å². The highest BCUT2D eigenvalue weighted by Crippen LogP contribution is 2.25. The minimum atomic E-state index is -0.712. The van der Waals surface area contributed by atoms with Crippen LogP contribution >= 0.6 is 0 Å². The lowest BCUT2D eigenvalue weighted by Gasteiger charge is -2.08. The molecule has 0 radical (unpaired) electrons. The topological polar surface area (TPSA) is 124 Å². The smallest absolute Gasteiger partial charge is 0.293 e. The fourth-order valence-electron chi connectivity index (χ4n) is 1.77. The summed E-state index contributed by atoms with van der Waals surface area (Å²) in [4.78, 5) is 29.7. The third kappa shape index (κ3) is 3.50. The van der Waals surface area contributed by atoms with E-state index in [-0.39, 0.29) is 11.3 Å². The summed E-state index contributed by atoms with van der Waals surface area (Å²) >= 11 is 0. The number of amides is 1. The molecule has 0 aliphatic heterocycles. The van der Waals surface area contributed by atoms with Crippen LogP contribution in [-0.2, 0) is 6.54 Å². The molecule has 108 valence electrons. The minimum Gasteiger partial charge on any atom is -0.374 e. The third-order valence-corrected chi connectivity index (χ3v) is 2.77. The molecule has 0 saturated heterocycles. The van der Waals surface area contributed by atoms with Crippen LogP contribution in [0.5, 0.6) is 0 Å². The lowest BCUT2D eigenvalue weighted by Crippen LogP contribution is -2.12. The van der Waals surface area contributed by atoms with Crippen molar-refractivity contribution in [1.82, 2.24) is 9.97 Å². The van der Waals surface area contributed by atoms with Gasteiger partial charge in [0.1, 0.15) is 11.5 Å². The SMILES string of the molecule is Cc1nccc(CNc2ccc(C(N)=O)cc2[N+](=O)[O-])n1. The number of primary amides is 1. The summed E-state index contributed by atoms with van der Waals surface area (Å²) in [6.07, 6.45) is 1.62. The molecule has 2 rings (SSSR count). The van der Waals surface area contributed by atoms with Crippen molar-refractivity contribution in [2.24, 2.45) is 5.73 Å². The van der Waals surface area contributed by atoms with Gasteiger partial charge in [-0.1, -0.05) is 0 Å². The zero-order valence-electron chi connectivity index (χ0n) is 11.2. The average Bonchev–Trinajstić information content (AvgIpc) is 2.44. The predicted molar refractivity (Wildman–Crippen MR) is 75.7 cm³/mol.